The zero-order valence-electron chi connectivity index (χ0n) is 11.4. The Labute approximate surface area is 121 Å². The summed E-state index contributed by atoms with van der Waals surface area (Å²) in [6, 6.07) is 12.9. The Morgan fingerprint density at radius 3 is 2.52 bits per heavy atom. The van der Waals surface area contributed by atoms with E-state index < -0.39 is 0 Å². The first-order valence-electron chi connectivity index (χ1n) is 6.45. The molecule has 1 N–H and O–H groups in total. The van der Waals surface area contributed by atoms with E-state index in [2.05, 4.69) is 20.6 Å². The van der Waals surface area contributed by atoms with Gasteiger partial charge in [-0.3, -0.25) is 9.78 Å². The first-order valence-corrected chi connectivity index (χ1v) is 6.45. The number of amides is 1. The molecule has 3 aromatic rings. The van der Waals surface area contributed by atoms with E-state index in [9.17, 15) is 4.79 Å². The maximum Gasteiger partial charge on any atom is 0.278 e. The average molecular weight is 279 g/mol. The maximum absolute atomic E-state index is 12.2. The highest BCUT2D eigenvalue weighted by Crippen LogP contribution is 2.13. The number of hydrogen-bond acceptors (Lipinski definition) is 4. The first-order chi connectivity index (χ1) is 10.3. The van der Waals surface area contributed by atoms with Crippen molar-refractivity contribution in [1.82, 2.24) is 20.0 Å². The van der Waals surface area contributed by atoms with Crippen molar-refractivity contribution in [2.24, 2.45) is 0 Å². The van der Waals surface area contributed by atoms with Crippen LogP contribution in [0.25, 0.3) is 5.69 Å². The second kappa shape index (κ2) is 5.54. The zero-order chi connectivity index (χ0) is 14.7. The molecule has 0 aliphatic carbocycles. The Balaban J connectivity index is 1.87. The first kappa shape index (κ1) is 13.0. The molecule has 6 nitrogen and oxygen atoms in total. The summed E-state index contributed by atoms with van der Waals surface area (Å²) in [6.45, 7) is 1.81. The van der Waals surface area contributed by atoms with Crippen molar-refractivity contribution in [3.63, 3.8) is 0 Å². The minimum Gasteiger partial charge on any atom is -0.321 e. The summed E-state index contributed by atoms with van der Waals surface area (Å²) in [6.07, 6.45) is 3.33. The van der Waals surface area contributed by atoms with Crippen LogP contribution in [-0.2, 0) is 0 Å². The Hall–Kier alpha value is -3.02. The molecule has 0 unspecified atom stereocenters. The molecular formula is C15H13N5O. The third-order valence-electron chi connectivity index (χ3n) is 3.05. The molecule has 2 aromatic heterocycles. The van der Waals surface area contributed by atoms with E-state index in [4.69, 9.17) is 0 Å². The number of benzene rings is 1. The van der Waals surface area contributed by atoms with Crippen molar-refractivity contribution in [3.8, 4) is 5.69 Å². The summed E-state index contributed by atoms with van der Waals surface area (Å²) in [4.78, 5) is 16.2. The van der Waals surface area contributed by atoms with E-state index >= 15 is 0 Å². The highest BCUT2D eigenvalue weighted by molar-refractivity contribution is 6.03. The minimum atomic E-state index is -0.279. The maximum atomic E-state index is 12.2. The zero-order valence-corrected chi connectivity index (χ0v) is 11.4. The smallest absolute Gasteiger partial charge is 0.278 e. The fraction of sp³-hybridized carbons (Fsp3) is 0.0667. The molecule has 0 saturated carbocycles. The van der Waals surface area contributed by atoms with Crippen LogP contribution in [0.2, 0.25) is 0 Å². The van der Waals surface area contributed by atoms with Gasteiger partial charge in [-0.2, -0.15) is 0 Å². The Morgan fingerprint density at radius 2 is 1.81 bits per heavy atom. The van der Waals surface area contributed by atoms with Gasteiger partial charge < -0.3 is 5.32 Å². The van der Waals surface area contributed by atoms with Gasteiger partial charge in [0, 0.05) is 18.1 Å². The van der Waals surface area contributed by atoms with Crippen molar-refractivity contribution in [3.05, 3.63) is 66.2 Å². The molecule has 0 fully saturated rings. The van der Waals surface area contributed by atoms with Gasteiger partial charge in [-0.15, -0.1) is 5.10 Å². The third kappa shape index (κ3) is 2.64. The minimum absolute atomic E-state index is 0.279. The molecule has 0 saturated heterocycles. The van der Waals surface area contributed by atoms with E-state index in [1.807, 2.05) is 30.3 Å². The second-order valence-electron chi connectivity index (χ2n) is 4.46. The highest BCUT2D eigenvalue weighted by Gasteiger charge is 2.17. The summed E-state index contributed by atoms with van der Waals surface area (Å²) in [5.41, 5.74) is 2.51. The number of carbonyl (C=O) groups is 1. The van der Waals surface area contributed by atoms with Gasteiger partial charge in [0.2, 0.25) is 0 Å². The molecule has 1 amide bonds. The highest BCUT2D eigenvalue weighted by atomic mass is 16.2. The molecule has 21 heavy (non-hydrogen) atoms. The molecule has 2 heterocycles. The summed E-state index contributed by atoms with van der Waals surface area (Å²) in [5.74, 6) is -0.279. The number of pyridine rings is 1. The lowest BCUT2D eigenvalue weighted by Crippen LogP contribution is -2.14. The molecule has 0 aliphatic rings. The topological polar surface area (TPSA) is 72.7 Å². The molecule has 0 bridgehead atoms. The summed E-state index contributed by atoms with van der Waals surface area (Å²) >= 11 is 0. The van der Waals surface area contributed by atoms with Crippen LogP contribution < -0.4 is 5.32 Å². The van der Waals surface area contributed by atoms with Crippen molar-refractivity contribution in [1.29, 1.82) is 0 Å². The van der Waals surface area contributed by atoms with Crippen LogP contribution >= 0.6 is 0 Å². The van der Waals surface area contributed by atoms with Crippen LogP contribution in [-0.4, -0.2) is 25.9 Å². The number of para-hydroxylation sites is 1. The van der Waals surface area contributed by atoms with Crippen molar-refractivity contribution >= 4 is 11.6 Å². The quantitative estimate of drug-likeness (QED) is 0.798. The Morgan fingerprint density at radius 1 is 1.10 bits per heavy atom. The number of rotatable bonds is 3. The molecule has 0 spiro atoms. The third-order valence-corrected chi connectivity index (χ3v) is 3.05. The van der Waals surface area contributed by atoms with E-state index in [1.54, 1.807) is 36.1 Å². The summed E-state index contributed by atoms with van der Waals surface area (Å²) < 4.78 is 1.61. The van der Waals surface area contributed by atoms with Gasteiger partial charge in [0.05, 0.1) is 11.4 Å². The fourth-order valence-electron chi connectivity index (χ4n) is 1.98. The van der Waals surface area contributed by atoms with Gasteiger partial charge in [-0.1, -0.05) is 23.4 Å². The van der Waals surface area contributed by atoms with Crippen molar-refractivity contribution in [2.75, 3.05) is 5.32 Å². The molecule has 1 aromatic carbocycles. The van der Waals surface area contributed by atoms with Crippen LogP contribution in [0.3, 0.4) is 0 Å². The van der Waals surface area contributed by atoms with Crippen LogP contribution in [0, 0.1) is 6.92 Å². The Kier molecular flexibility index (Phi) is 3.42. The molecule has 0 aliphatic heterocycles. The van der Waals surface area contributed by atoms with Gasteiger partial charge in [0.15, 0.2) is 5.69 Å². The molecule has 0 atom stereocenters. The molecule has 104 valence electrons. The number of nitrogens with zero attached hydrogens (tertiary/aromatic N) is 4. The second-order valence-corrected chi connectivity index (χ2v) is 4.46. The van der Waals surface area contributed by atoms with Crippen LogP contribution in [0.5, 0.6) is 0 Å². The van der Waals surface area contributed by atoms with Gasteiger partial charge in [-0.05, 0) is 31.2 Å². The lowest BCUT2D eigenvalue weighted by atomic mass is 10.2. The number of hydrogen-bond donors (Lipinski definition) is 1. The van der Waals surface area contributed by atoms with Crippen LogP contribution in [0.15, 0.2) is 54.9 Å². The number of aromatic nitrogens is 4. The molecule has 6 heteroatoms. The van der Waals surface area contributed by atoms with Crippen LogP contribution in [0.1, 0.15) is 16.2 Å². The average Bonchev–Trinajstić information content (AvgIpc) is 2.91. The SMILES string of the molecule is Cc1c(C(=O)Nc2ccccc2)nnn1-c1ccncc1. The normalized spacial score (nSPS) is 10.3. The monoisotopic (exact) mass is 279 g/mol. The van der Waals surface area contributed by atoms with Gasteiger partial charge in [0.1, 0.15) is 0 Å². The number of nitrogens with one attached hydrogen (secondary N) is 1. The van der Waals surface area contributed by atoms with Gasteiger partial charge in [-0.25, -0.2) is 4.68 Å². The lowest BCUT2D eigenvalue weighted by molar-refractivity contribution is 0.102. The number of carbonyl (C=O) groups excluding carboxylic acids is 1. The Bertz CT molecular complexity index is 752. The fourth-order valence-corrected chi connectivity index (χ4v) is 1.98. The van der Waals surface area contributed by atoms with Crippen molar-refractivity contribution in [2.45, 2.75) is 6.92 Å². The van der Waals surface area contributed by atoms with E-state index in [-0.39, 0.29) is 5.91 Å². The standard InChI is InChI=1S/C15H13N5O/c1-11-14(15(21)17-12-5-3-2-4-6-12)18-19-20(11)13-7-9-16-10-8-13/h2-10H,1H3,(H,17,21). The molecular weight excluding hydrogens is 266 g/mol. The summed E-state index contributed by atoms with van der Waals surface area (Å²) in [5, 5.41) is 10.8. The van der Waals surface area contributed by atoms with E-state index in [1.165, 1.54) is 0 Å². The summed E-state index contributed by atoms with van der Waals surface area (Å²) in [7, 11) is 0. The number of anilines is 1. The molecule has 3 rings (SSSR count). The van der Waals surface area contributed by atoms with E-state index in [0.717, 1.165) is 11.4 Å². The van der Waals surface area contributed by atoms with E-state index in [0.29, 0.717) is 11.4 Å². The predicted molar refractivity (Wildman–Crippen MR) is 78.3 cm³/mol. The predicted octanol–water partition coefficient (Wildman–Crippen LogP) is 2.22. The van der Waals surface area contributed by atoms with Crippen molar-refractivity contribution < 1.29 is 4.79 Å². The largest absolute Gasteiger partial charge is 0.321 e. The lowest BCUT2D eigenvalue weighted by Gasteiger charge is -2.04. The molecule has 0 radical (unpaired) electrons. The van der Waals surface area contributed by atoms with Crippen LogP contribution in [0.4, 0.5) is 5.69 Å². The van der Waals surface area contributed by atoms with Gasteiger partial charge in [0.25, 0.3) is 5.91 Å². The van der Waals surface area contributed by atoms with Gasteiger partial charge >= 0.3 is 0 Å².